The fourth-order valence-corrected chi connectivity index (χ4v) is 0.610. The molecule has 0 saturated heterocycles. The summed E-state index contributed by atoms with van der Waals surface area (Å²) in [5, 5.41) is 1.81. The summed E-state index contributed by atoms with van der Waals surface area (Å²) in [6.45, 7) is 6.68. The van der Waals surface area contributed by atoms with Crippen LogP contribution >= 0.6 is 12.2 Å². The first-order chi connectivity index (χ1) is 3.56. The highest BCUT2D eigenvalue weighted by molar-refractivity contribution is 7.78. The van der Waals surface area contributed by atoms with E-state index in [1.165, 1.54) is 6.42 Å². The van der Waals surface area contributed by atoms with Crippen molar-refractivity contribution < 1.29 is 0 Å². The Bertz CT molecular complexity index is 68.9. The third-order valence-electron chi connectivity index (χ3n) is 1.01. The highest BCUT2D eigenvalue weighted by atomic mass is 32.1. The van der Waals surface area contributed by atoms with Crippen molar-refractivity contribution in [1.82, 2.24) is 0 Å². The summed E-state index contributed by atoms with van der Waals surface area (Å²) in [6.07, 6.45) is 2.27. The number of hydrogen-bond acceptors (Lipinski definition) is 1. The normalized spacial score (nSPS) is 11.4. The lowest BCUT2D eigenvalue weighted by atomic mass is 9.91. The molecule has 0 aromatic carbocycles. The summed E-state index contributed by atoms with van der Waals surface area (Å²) < 4.78 is 0. The fourth-order valence-electron chi connectivity index (χ4n) is 0.492. The van der Waals surface area contributed by atoms with E-state index >= 15 is 0 Å². The second-order valence-electron chi connectivity index (χ2n) is 3.27. The average Bonchev–Trinajstić information content (AvgIpc) is 1.59. The molecular weight excluding hydrogens is 116 g/mol. The smallest absolute Gasteiger partial charge is 0.0210 e. The highest BCUT2D eigenvalue weighted by Crippen LogP contribution is 2.19. The van der Waals surface area contributed by atoms with Crippen molar-refractivity contribution in [2.75, 3.05) is 0 Å². The molecule has 0 aromatic rings. The first kappa shape index (κ1) is 8.09. The Balaban J connectivity index is 3.24. The SMILES string of the molecule is CC(C)(C)CCC=S. The van der Waals surface area contributed by atoms with Crippen LogP contribution in [0.15, 0.2) is 0 Å². The van der Waals surface area contributed by atoms with Crippen LogP contribution in [0, 0.1) is 5.41 Å². The Hall–Kier alpha value is 0.0900. The number of rotatable bonds is 2. The highest BCUT2D eigenvalue weighted by Gasteiger charge is 2.06. The van der Waals surface area contributed by atoms with E-state index < -0.39 is 0 Å². The van der Waals surface area contributed by atoms with Gasteiger partial charge >= 0.3 is 0 Å². The van der Waals surface area contributed by atoms with Gasteiger partial charge < -0.3 is 0 Å². The van der Waals surface area contributed by atoms with Crippen LogP contribution < -0.4 is 0 Å². The van der Waals surface area contributed by atoms with E-state index in [-0.39, 0.29) is 0 Å². The minimum absolute atomic E-state index is 0.454. The molecule has 1 heteroatoms. The molecule has 0 rings (SSSR count). The largest absolute Gasteiger partial charge is 0.0935 e. The molecule has 0 aliphatic rings. The number of hydrogen-bond donors (Lipinski definition) is 0. The zero-order valence-corrected chi connectivity index (χ0v) is 6.72. The first-order valence-electron chi connectivity index (χ1n) is 3.00. The molecule has 0 aliphatic heterocycles. The molecule has 0 nitrogen and oxygen atoms in total. The van der Waals surface area contributed by atoms with Crippen LogP contribution in [0.25, 0.3) is 0 Å². The maximum Gasteiger partial charge on any atom is -0.0210 e. The van der Waals surface area contributed by atoms with Crippen LogP contribution in [-0.2, 0) is 0 Å². The topological polar surface area (TPSA) is 0 Å². The minimum Gasteiger partial charge on any atom is -0.0935 e. The molecule has 0 radical (unpaired) electrons. The molecule has 0 atom stereocenters. The molecule has 0 unspecified atom stereocenters. The van der Waals surface area contributed by atoms with Crippen molar-refractivity contribution in [2.45, 2.75) is 33.6 Å². The van der Waals surface area contributed by atoms with Gasteiger partial charge in [0.25, 0.3) is 0 Å². The molecule has 8 heavy (non-hydrogen) atoms. The van der Waals surface area contributed by atoms with Crippen LogP contribution in [0.4, 0.5) is 0 Å². The summed E-state index contributed by atoms with van der Waals surface area (Å²) in [5.41, 5.74) is 0.454. The van der Waals surface area contributed by atoms with Gasteiger partial charge in [-0.1, -0.05) is 33.0 Å². The predicted molar refractivity (Wildman–Crippen MR) is 42.3 cm³/mol. The molecule has 48 valence electrons. The van der Waals surface area contributed by atoms with Gasteiger partial charge in [-0.25, -0.2) is 0 Å². The summed E-state index contributed by atoms with van der Waals surface area (Å²) in [6, 6.07) is 0. The monoisotopic (exact) mass is 130 g/mol. The standard InChI is InChI=1S/C7H14S/c1-7(2,3)5-4-6-8/h6H,4-5H2,1-3H3. The molecular formula is C7H14S. The van der Waals surface area contributed by atoms with Gasteiger partial charge in [0.05, 0.1) is 0 Å². The third kappa shape index (κ3) is 6.09. The molecule has 0 aromatic heterocycles. The van der Waals surface area contributed by atoms with Gasteiger partial charge in [-0.05, 0) is 23.6 Å². The van der Waals surface area contributed by atoms with Gasteiger partial charge in [0.1, 0.15) is 0 Å². The lowest BCUT2D eigenvalue weighted by Crippen LogP contribution is -2.03. The van der Waals surface area contributed by atoms with Gasteiger partial charge in [0.15, 0.2) is 0 Å². The van der Waals surface area contributed by atoms with Crippen molar-refractivity contribution >= 4 is 17.6 Å². The predicted octanol–water partition coefficient (Wildman–Crippen LogP) is 2.81. The van der Waals surface area contributed by atoms with Gasteiger partial charge in [-0.3, -0.25) is 0 Å². The second-order valence-corrected chi connectivity index (χ2v) is 3.60. The molecule has 0 fully saturated rings. The van der Waals surface area contributed by atoms with Crippen molar-refractivity contribution in [3.63, 3.8) is 0 Å². The molecule has 0 amide bonds. The Morgan fingerprint density at radius 2 is 1.88 bits per heavy atom. The van der Waals surface area contributed by atoms with Gasteiger partial charge in [0, 0.05) is 0 Å². The maximum absolute atomic E-state index is 4.70. The quantitative estimate of drug-likeness (QED) is 0.518. The summed E-state index contributed by atoms with van der Waals surface area (Å²) in [4.78, 5) is 0. The van der Waals surface area contributed by atoms with Gasteiger partial charge in [-0.15, -0.1) is 0 Å². The van der Waals surface area contributed by atoms with Gasteiger partial charge in [0.2, 0.25) is 0 Å². The third-order valence-corrected chi connectivity index (χ3v) is 1.25. The first-order valence-corrected chi connectivity index (χ1v) is 3.47. The molecule has 0 aliphatic carbocycles. The van der Waals surface area contributed by atoms with E-state index in [4.69, 9.17) is 12.2 Å². The van der Waals surface area contributed by atoms with Gasteiger partial charge in [-0.2, -0.15) is 0 Å². The Morgan fingerprint density at radius 1 is 1.38 bits per heavy atom. The van der Waals surface area contributed by atoms with Crippen molar-refractivity contribution in [2.24, 2.45) is 5.41 Å². The molecule has 0 saturated carbocycles. The van der Waals surface area contributed by atoms with E-state index in [9.17, 15) is 0 Å². The lowest BCUT2D eigenvalue weighted by molar-refractivity contribution is 0.388. The van der Waals surface area contributed by atoms with Crippen LogP contribution in [0.5, 0.6) is 0 Å². The van der Waals surface area contributed by atoms with Crippen molar-refractivity contribution in [3.05, 3.63) is 0 Å². The van der Waals surface area contributed by atoms with Crippen LogP contribution in [0.3, 0.4) is 0 Å². The van der Waals surface area contributed by atoms with E-state index in [1.807, 2.05) is 5.37 Å². The Morgan fingerprint density at radius 3 is 2.00 bits per heavy atom. The van der Waals surface area contributed by atoms with E-state index in [0.29, 0.717) is 5.41 Å². The molecule has 0 spiro atoms. The summed E-state index contributed by atoms with van der Waals surface area (Å²) in [7, 11) is 0. The second kappa shape index (κ2) is 3.18. The Labute approximate surface area is 57.3 Å². The van der Waals surface area contributed by atoms with Crippen LogP contribution in [0.2, 0.25) is 0 Å². The average molecular weight is 130 g/mol. The van der Waals surface area contributed by atoms with Crippen molar-refractivity contribution in [3.8, 4) is 0 Å². The van der Waals surface area contributed by atoms with Crippen LogP contribution in [-0.4, -0.2) is 5.37 Å². The van der Waals surface area contributed by atoms with E-state index in [1.54, 1.807) is 0 Å². The lowest BCUT2D eigenvalue weighted by Gasteiger charge is -2.15. The zero-order chi connectivity index (χ0) is 6.62. The van der Waals surface area contributed by atoms with E-state index in [0.717, 1.165) is 6.42 Å². The molecule has 0 heterocycles. The minimum atomic E-state index is 0.454. The fraction of sp³-hybridized carbons (Fsp3) is 0.857. The Kier molecular flexibility index (Phi) is 3.22. The van der Waals surface area contributed by atoms with Crippen LogP contribution in [0.1, 0.15) is 33.6 Å². The summed E-state index contributed by atoms with van der Waals surface area (Å²) >= 11 is 4.70. The van der Waals surface area contributed by atoms with E-state index in [2.05, 4.69) is 20.8 Å². The van der Waals surface area contributed by atoms with Crippen molar-refractivity contribution in [1.29, 1.82) is 0 Å². The number of thiocarbonyl (C=S) groups is 1. The summed E-state index contributed by atoms with van der Waals surface area (Å²) in [5.74, 6) is 0. The molecule has 0 N–H and O–H groups in total. The maximum atomic E-state index is 4.70. The zero-order valence-electron chi connectivity index (χ0n) is 5.90. The molecule has 0 bridgehead atoms.